The first-order valence-corrected chi connectivity index (χ1v) is 10.4. The number of ketones is 1. The molecule has 2 rings (SSSR count). The molecule has 5 nitrogen and oxygen atoms in total. The molecule has 7 heteroatoms. The van der Waals surface area contributed by atoms with E-state index in [1.165, 1.54) is 18.3 Å². The number of carbonyl (C=O) groups is 3. The molecule has 28 heavy (non-hydrogen) atoms. The second-order valence-electron chi connectivity index (χ2n) is 6.42. The van der Waals surface area contributed by atoms with Crippen LogP contribution >= 0.6 is 22.9 Å². The molecule has 150 valence electrons. The average Bonchev–Trinajstić information content (AvgIpc) is 3.13. The van der Waals surface area contributed by atoms with Crippen molar-refractivity contribution in [3.05, 3.63) is 57.2 Å². The summed E-state index contributed by atoms with van der Waals surface area (Å²) in [4.78, 5) is 36.7. The highest BCUT2D eigenvalue weighted by molar-refractivity contribution is 7.18. The molecule has 0 radical (unpaired) electrons. The Morgan fingerprint density at radius 2 is 1.82 bits per heavy atom. The number of halogens is 1. The van der Waals surface area contributed by atoms with Crippen molar-refractivity contribution < 1.29 is 19.1 Å². The molecule has 1 N–H and O–H groups in total. The van der Waals surface area contributed by atoms with Crippen LogP contribution in [0, 0.1) is 0 Å². The van der Waals surface area contributed by atoms with E-state index in [2.05, 4.69) is 12.2 Å². The van der Waals surface area contributed by atoms with Gasteiger partial charge in [0.1, 0.15) is 0 Å². The number of hydrogen-bond acceptors (Lipinski definition) is 5. The van der Waals surface area contributed by atoms with E-state index in [1.54, 1.807) is 12.1 Å². The molecule has 1 amide bonds. The summed E-state index contributed by atoms with van der Waals surface area (Å²) in [6.07, 6.45) is -0.0800. The lowest BCUT2D eigenvalue weighted by atomic mass is 9.96. The normalized spacial score (nSPS) is 12.8. The third-order valence-corrected chi connectivity index (χ3v) is 5.64. The molecule has 0 saturated carbocycles. The minimum absolute atomic E-state index is 0.0237. The second-order valence-corrected chi connectivity index (χ2v) is 8.14. The van der Waals surface area contributed by atoms with Crippen molar-refractivity contribution in [2.45, 2.75) is 45.1 Å². The fraction of sp³-hybridized carbons (Fsp3) is 0.381. The third-order valence-electron chi connectivity index (χ3n) is 4.37. The number of esters is 1. The zero-order chi connectivity index (χ0) is 20.5. The van der Waals surface area contributed by atoms with E-state index in [4.69, 9.17) is 16.3 Å². The molecular formula is C21H24ClNO4S. The van der Waals surface area contributed by atoms with Crippen LogP contribution in [0.5, 0.6) is 0 Å². The lowest BCUT2D eigenvalue weighted by Gasteiger charge is -2.18. The fourth-order valence-corrected chi connectivity index (χ4v) is 3.71. The van der Waals surface area contributed by atoms with Crippen molar-refractivity contribution in [1.29, 1.82) is 0 Å². The predicted molar refractivity (Wildman–Crippen MR) is 111 cm³/mol. The number of amides is 1. The molecule has 0 unspecified atom stereocenters. The van der Waals surface area contributed by atoms with Crippen LogP contribution in [0.4, 0.5) is 0 Å². The van der Waals surface area contributed by atoms with Gasteiger partial charge in [0, 0.05) is 18.9 Å². The van der Waals surface area contributed by atoms with Gasteiger partial charge in [-0.1, -0.05) is 48.9 Å². The minimum Gasteiger partial charge on any atom is -0.453 e. The summed E-state index contributed by atoms with van der Waals surface area (Å²) in [5.41, 5.74) is 1.15. The van der Waals surface area contributed by atoms with Gasteiger partial charge in [-0.15, -0.1) is 11.3 Å². The number of hydrogen-bond donors (Lipinski definition) is 1. The number of ether oxygens (including phenoxy) is 1. The van der Waals surface area contributed by atoms with Gasteiger partial charge in [0.25, 0.3) is 5.91 Å². The summed E-state index contributed by atoms with van der Waals surface area (Å²) >= 11 is 6.98. The standard InChI is InChI=1S/C21H24ClNO4S/c1-3-15(16-7-5-4-6-8-16)13-23-21(26)14(2)27-20(25)12-9-17(24)18-10-11-19(22)28-18/h4-8,10-11,14-15H,3,9,12-13H2,1-2H3,(H,23,26)/t14-,15-/m0/s1. The van der Waals surface area contributed by atoms with Crippen LogP contribution in [0.25, 0.3) is 0 Å². The van der Waals surface area contributed by atoms with E-state index in [0.29, 0.717) is 15.8 Å². The molecule has 0 bridgehead atoms. The van der Waals surface area contributed by atoms with Crippen molar-refractivity contribution in [3.8, 4) is 0 Å². The van der Waals surface area contributed by atoms with Gasteiger partial charge in [0.2, 0.25) is 0 Å². The van der Waals surface area contributed by atoms with E-state index in [0.717, 1.165) is 12.0 Å². The van der Waals surface area contributed by atoms with E-state index < -0.39 is 12.1 Å². The Morgan fingerprint density at radius 1 is 1.11 bits per heavy atom. The van der Waals surface area contributed by atoms with Crippen molar-refractivity contribution in [2.24, 2.45) is 0 Å². The Balaban J connectivity index is 1.75. The topological polar surface area (TPSA) is 72.5 Å². The van der Waals surface area contributed by atoms with Gasteiger partial charge in [-0.05, 0) is 31.0 Å². The molecular weight excluding hydrogens is 398 g/mol. The van der Waals surface area contributed by atoms with Gasteiger partial charge < -0.3 is 10.1 Å². The van der Waals surface area contributed by atoms with Crippen LogP contribution in [-0.4, -0.2) is 30.3 Å². The van der Waals surface area contributed by atoms with Crippen LogP contribution in [0.1, 0.15) is 54.3 Å². The van der Waals surface area contributed by atoms with Crippen LogP contribution in [-0.2, 0) is 14.3 Å². The maximum absolute atomic E-state index is 12.2. The Morgan fingerprint density at radius 3 is 2.43 bits per heavy atom. The molecule has 0 aliphatic heterocycles. The van der Waals surface area contributed by atoms with Crippen LogP contribution in [0.2, 0.25) is 4.34 Å². The summed E-state index contributed by atoms with van der Waals surface area (Å²) < 4.78 is 5.67. The summed E-state index contributed by atoms with van der Waals surface area (Å²) in [6.45, 7) is 4.06. The first kappa shape index (κ1) is 22.1. The minimum atomic E-state index is -0.910. The van der Waals surface area contributed by atoms with Crippen molar-refractivity contribution in [3.63, 3.8) is 0 Å². The van der Waals surface area contributed by atoms with Crippen molar-refractivity contribution in [2.75, 3.05) is 6.54 Å². The largest absolute Gasteiger partial charge is 0.453 e. The molecule has 1 heterocycles. The second kappa shape index (κ2) is 11.0. The highest BCUT2D eigenvalue weighted by Crippen LogP contribution is 2.23. The van der Waals surface area contributed by atoms with Gasteiger partial charge in [-0.25, -0.2) is 0 Å². The lowest BCUT2D eigenvalue weighted by Crippen LogP contribution is -2.38. The molecule has 0 saturated heterocycles. The molecule has 0 aliphatic rings. The van der Waals surface area contributed by atoms with Crippen LogP contribution < -0.4 is 5.32 Å². The van der Waals surface area contributed by atoms with E-state index in [9.17, 15) is 14.4 Å². The Kier molecular flexibility index (Phi) is 8.67. The fourth-order valence-electron chi connectivity index (χ4n) is 2.70. The molecule has 0 spiro atoms. The Labute approximate surface area is 174 Å². The third kappa shape index (κ3) is 6.77. The Hall–Kier alpha value is -2.18. The van der Waals surface area contributed by atoms with Crippen LogP contribution in [0.3, 0.4) is 0 Å². The molecule has 1 aromatic heterocycles. The SMILES string of the molecule is CC[C@@H](CNC(=O)[C@H](C)OC(=O)CCC(=O)c1ccc(Cl)s1)c1ccccc1. The number of nitrogens with one attached hydrogen (secondary N) is 1. The molecule has 2 atom stereocenters. The number of thiophene rings is 1. The van der Waals surface area contributed by atoms with Gasteiger partial charge in [-0.2, -0.15) is 0 Å². The zero-order valence-corrected chi connectivity index (χ0v) is 17.5. The number of Topliss-reactive ketones (excluding diaryl/α,β-unsaturated/α-hetero) is 1. The maximum Gasteiger partial charge on any atom is 0.307 e. The zero-order valence-electron chi connectivity index (χ0n) is 15.9. The lowest BCUT2D eigenvalue weighted by molar-refractivity contribution is -0.154. The summed E-state index contributed by atoms with van der Waals surface area (Å²) in [5, 5.41) is 2.83. The number of benzene rings is 1. The quantitative estimate of drug-likeness (QED) is 0.449. The summed E-state index contributed by atoms with van der Waals surface area (Å²) in [5.74, 6) is -0.893. The molecule has 2 aromatic rings. The number of carbonyl (C=O) groups excluding carboxylic acids is 3. The van der Waals surface area contributed by atoms with E-state index >= 15 is 0 Å². The van der Waals surface area contributed by atoms with E-state index in [-0.39, 0.29) is 30.4 Å². The van der Waals surface area contributed by atoms with Crippen molar-refractivity contribution in [1.82, 2.24) is 5.32 Å². The van der Waals surface area contributed by atoms with Gasteiger partial charge in [0.05, 0.1) is 15.6 Å². The Bertz CT molecular complexity index is 806. The average molecular weight is 422 g/mol. The van der Waals surface area contributed by atoms with Gasteiger partial charge >= 0.3 is 5.97 Å². The van der Waals surface area contributed by atoms with Crippen molar-refractivity contribution >= 4 is 40.6 Å². The molecule has 0 aliphatic carbocycles. The van der Waals surface area contributed by atoms with Gasteiger partial charge in [0.15, 0.2) is 11.9 Å². The molecule has 1 aromatic carbocycles. The molecule has 0 fully saturated rings. The smallest absolute Gasteiger partial charge is 0.307 e. The summed E-state index contributed by atoms with van der Waals surface area (Å²) in [6, 6.07) is 13.2. The predicted octanol–water partition coefficient (Wildman–Crippen LogP) is 4.61. The summed E-state index contributed by atoms with van der Waals surface area (Å²) in [7, 11) is 0. The van der Waals surface area contributed by atoms with Gasteiger partial charge in [-0.3, -0.25) is 14.4 Å². The highest BCUT2D eigenvalue weighted by Gasteiger charge is 2.20. The van der Waals surface area contributed by atoms with E-state index in [1.807, 2.05) is 30.3 Å². The first-order chi connectivity index (χ1) is 13.4. The number of rotatable bonds is 10. The monoisotopic (exact) mass is 421 g/mol. The highest BCUT2D eigenvalue weighted by atomic mass is 35.5. The van der Waals surface area contributed by atoms with Crippen LogP contribution in [0.15, 0.2) is 42.5 Å². The first-order valence-electron chi connectivity index (χ1n) is 9.21. The maximum atomic E-state index is 12.2.